The summed E-state index contributed by atoms with van der Waals surface area (Å²) in [6.45, 7) is 3.04. The van der Waals surface area contributed by atoms with E-state index in [1.54, 1.807) is 32.0 Å². The minimum absolute atomic E-state index is 0.0312. The lowest BCUT2D eigenvalue weighted by atomic mass is 10.1. The van der Waals surface area contributed by atoms with Crippen molar-refractivity contribution in [1.82, 2.24) is 0 Å². The van der Waals surface area contributed by atoms with Gasteiger partial charge in [-0.05, 0) is 43.7 Å². The first-order valence-electron chi connectivity index (χ1n) is 7.58. The van der Waals surface area contributed by atoms with Crippen molar-refractivity contribution in [3.8, 4) is 11.5 Å². The van der Waals surface area contributed by atoms with Crippen molar-refractivity contribution in [3.63, 3.8) is 0 Å². The average Bonchev–Trinajstić information content (AvgIpc) is 2.57. The predicted octanol–water partition coefficient (Wildman–Crippen LogP) is 3.53. The Kier molecular flexibility index (Phi) is 4.52. The average molecular weight is 342 g/mol. The van der Waals surface area contributed by atoms with Crippen LogP contribution in [0.25, 0.3) is 11.0 Å². The lowest BCUT2D eigenvalue weighted by Crippen LogP contribution is -2.18. The van der Waals surface area contributed by atoms with E-state index in [2.05, 4.69) is 0 Å². The smallest absolute Gasteiger partial charge is 0.349 e. The predicted molar refractivity (Wildman–Crippen MR) is 89.5 cm³/mol. The van der Waals surface area contributed by atoms with Crippen molar-refractivity contribution in [2.24, 2.45) is 0 Å². The minimum Gasteiger partial charge on any atom is -0.479 e. The minimum atomic E-state index is -0.694. The molecule has 0 saturated heterocycles. The summed E-state index contributed by atoms with van der Waals surface area (Å²) in [5.41, 5.74) is 1.19. The number of benzene rings is 2. The first-order chi connectivity index (χ1) is 12.0. The summed E-state index contributed by atoms with van der Waals surface area (Å²) in [5, 5.41) is 0.763. The molecule has 0 radical (unpaired) electrons. The number of halogens is 1. The number of esters is 1. The summed E-state index contributed by atoms with van der Waals surface area (Å²) in [7, 11) is 0. The van der Waals surface area contributed by atoms with E-state index in [1.165, 1.54) is 24.3 Å². The molecule has 1 heterocycles. The number of rotatable bonds is 4. The summed E-state index contributed by atoms with van der Waals surface area (Å²) >= 11 is 0. The highest BCUT2D eigenvalue weighted by Gasteiger charge is 2.14. The van der Waals surface area contributed by atoms with Crippen LogP contribution in [0, 0.1) is 19.7 Å². The van der Waals surface area contributed by atoms with Crippen molar-refractivity contribution in [2.45, 2.75) is 13.8 Å². The fourth-order valence-corrected chi connectivity index (χ4v) is 2.46. The first-order valence-corrected chi connectivity index (χ1v) is 7.58. The maximum absolute atomic E-state index is 13.5. The second-order valence-corrected chi connectivity index (χ2v) is 5.51. The van der Waals surface area contributed by atoms with Crippen LogP contribution in [0.5, 0.6) is 11.5 Å². The van der Waals surface area contributed by atoms with Gasteiger partial charge in [0.25, 0.3) is 0 Å². The molecule has 25 heavy (non-hydrogen) atoms. The first kappa shape index (κ1) is 16.7. The summed E-state index contributed by atoms with van der Waals surface area (Å²) in [5.74, 6) is -1.03. The molecule has 0 amide bonds. The van der Waals surface area contributed by atoms with E-state index in [0.29, 0.717) is 11.1 Å². The molecule has 0 bridgehead atoms. The van der Waals surface area contributed by atoms with Crippen LogP contribution in [0.4, 0.5) is 4.39 Å². The third kappa shape index (κ3) is 3.52. The van der Waals surface area contributed by atoms with Gasteiger partial charge in [-0.3, -0.25) is 0 Å². The van der Waals surface area contributed by atoms with Crippen LogP contribution in [-0.2, 0) is 4.79 Å². The lowest BCUT2D eigenvalue weighted by Gasteiger charge is -2.11. The van der Waals surface area contributed by atoms with Gasteiger partial charge in [0.05, 0.1) is 0 Å². The fourth-order valence-electron chi connectivity index (χ4n) is 2.46. The Morgan fingerprint density at radius 1 is 1.12 bits per heavy atom. The molecule has 3 rings (SSSR count). The zero-order chi connectivity index (χ0) is 18.0. The molecule has 1 aromatic heterocycles. The Hall–Kier alpha value is -3.15. The summed E-state index contributed by atoms with van der Waals surface area (Å²) in [4.78, 5) is 23.5. The van der Waals surface area contributed by atoms with Crippen molar-refractivity contribution in [2.75, 3.05) is 6.61 Å². The molecule has 0 fully saturated rings. The number of carbonyl (C=O) groups excluding carboxylic acids is 1. The maximum atomic E-state index is 13.5. The second kappa shape index (κ2) is 6.76. The van der Waals surface area contributed by atoms with Crippen LogP contribution < -0.4 is 15.1 Å². The lowest BCUT2D eigenvalue weighted by molar-refractivity contribution is -0.136. The molecule has 0 unspecified atom stereocenters. The molecule has 5 nitrogen and oxygen atoms in total. The maximum Gasteiger partial charge on any atom is 0.349 e. The number of hydrogen-bond acceptors (Lipinski definition) is 5. The number of carbonyl (C=O) groups is 1. The summed E-state index contributed by atoms with van der Waals surface area (Å²) < 4.78 is 29.0. The van der Waals surface area contributed by atoms with E-state index in [0.717, 1.165) is 10.9 Å². The van der Waals surface area contributed by atoms with E-state index in [1.807, 2.05) is 0 Å². The molecule has 6 heteroatoms. The number of hydrogen-bond donors (Lipinski definition) is 0. The summed E-state index contributed by atoms with van der Waals surface area (Å²) in [6.07, 6.45) is 0. The SMILES string of the molecule is Cc1cc(=O)oc2c(C)c(OC(=O)COc3ccccc3F)ccc12. The summed E-state index contributed by atoms with van der Waals surface area (Å²) in [6, 6.07) is 10.5. The third-order valence-corrected chi connectivity index (χ3v) is 3.72. The molecule has 2 aromatic carbocycles. The monoisotopic (exact) mass is 342 g/mol. The van der Waals surface area contributed by atoms with Crippen LogP contribution in [0.3, 0.4) is 0 Å². The van der Waals surface area contributed by atoms with E-state index in [-0.39, 0.29) is 11.5 Å². The van der Waals surface area contributed by atoms with Crippen molar-refractivity contribution in [3.05, 3.63) is 69.8 Å². The number of para-hydroxylation sites is 1. The Bertz CT molecular complexity index is 1010. The molecule has 0 spiro atoms. The number of aryl methyl sites for hydroxylation is 2. The van der Waals surface area contributed by atoms with Gasteiger partial charge in [-0.15, -0.1) is 0 Å². The fraction of sp³-hybridized carbons (Fsp3) is 0.158. The van der Waals surface area contributed by atoms with E-state index < -0.39 is 24.0 Å². The highest BCUT2D eigenvalue weighted by Crippen LogP contribution is 2.28. The molecule has 0 N–H and O–H groups in total. The highest BCUT2D eigenvalue weighted by molar-refractivity contribution is 5.86. The largest absolute Gasteiger partial charge is 0.479 e. The Morgan fingerprint density at radius 2 is 1.88 bits per heavy atom. The van der Waals surface area contributed by atoms with Crippen molar-refractivity contribution >= 4 is 16.9 Å². The van der Waals surface area contributed by atoms with Gasteiger partial charge in [0.2, 0.25) is 0 Å². The van der Waals surface area contributed by atoms with Gasteiger partial charge in [0.1, 0.15) is 11.3 Å². The molecule has 0 saturated carbocycles. The van der Waals surface area contributed by atoms with Crippen molar-refractivity contribution < 1.29 is 23.1 Å². The molecular weight excluding hydrogens is 327 g/mol. The molecule has 0 aliphatic carbocycles. The zero-order valence-corrected chi connectivity index (χ0v) is 13.7. The van der Waals surface area contributed by atoms with Gasteiger partial charge in [-0.25, -0.2) is 14.0 Å². The van der Waals surface area contributed by atoms with Gasteiger partial charge in [-0.2, -0.15) is 0 Å². The van der Waals surface area contributed by atoms with Crippen LogP contribution in [0.1, 0.15) is 11.1 Å². The number of ether oxygens (including phenoxy) is 2. The van der Waals surface area contributed by atoms with E-state index >= 15 is 0 Å². The molecule has 0 atom stereocenters. The zero-order valence-electron chi connectivity index (χ0n) is 13.7. The van der Waals surface area contributed by atoms with Gasteiger partial charge < -0.3 is 13.9 Å². The molecule has 0 aliphatic rings. The quantitative estimate of drug-likeness (QED) is 0.412. The van der Waals surface area contributed by atoms with Crippen LogP contribution >= 0.6 is 0 Å². The van der Waals surface area contributed by atoms with Gasteiger partial charge >= 0.3 is 11.6 Å². The van der Waals surface area contributed by atoms with Gasteiger partial charge in [0.15, 0.2) is 18.2 Å². The molecular formula is C19H15FO5. The van der Waals surface area contributed by atoms with Crippen LogP contribution in [0.2, 0.25) is 0 Å². The number of fused-ring (bicyclic) bond motifs is 1. The molecule has 0 aliphatic heterocycles. The Morgan fingerprint density at radius 3 is 2.64 bits per heavy atom. The van der Waals surface area contributed by atoms with Gasteiger partial charge in [-0.1, -0.05) is 12.1 Å². The van der Waals surface area contributed by atoms with E-state index in [9.17, 15) is 14.0 Å². The van der Waals surface area contributed by atoms with Gasteiger partial charge in [0, 0.05) is 17.0 Å². The highest BCUT2D eigenvalue weighted by atomic mass is 19.1. The van der Waals surface area contributed by atoms with E-state index in [4.69, 9.17) is 13.9 Å². The molecule has 128 valence electrons. The van der Waals surface area contributed by atoms with Crippen molar-refractivity contribution in [1.29, 1.82) is 0 Å². The third-order valence-electron chi connectivity index (χ3n) is 3.72. The van der Waals surface area contributed by atoms with Crippen LogP contribution in [-0.4, -0.2) is 12.6 Å². The van der Waals surface area contributed by atoms with Crippen LogP contribution in [0.15, 0.2) is 51.7 Å². The Balaban J connectivity index is 1.78. The standard InChI is InChI=1S/C19H15FO5/c1-11-9-17(21)25-19-12(2)15(8-7-13(11)19)24-18(22)10-23-16-6-4-3-5-14(16)20/h3-9H,10H2,1-2H3. The normalized spacial score (nSPS) is 10.7. The Labute approximate surface area is 142 Å². The molecule has 3 aromatic rings. The topological polar surface area (TPSA) is 65.7 Å². The second-order valence-electron chi connectivity index (χ2n) is 5.51.